The van der Waals surface area contributed by atoms with Crippen LogP contribution in [0.15, 0.2) is 33.1 Å². The third kappa shape index (κ3) is 4.78. The fraction of sp³-hybridized carbons (Fsp3) is 0.579. The van der Waals surface area contributed by atoms with E-state index in [9.17, 15) is 0 Å². The number of nitrogens with one attached hydrogen (secondary N) is 2. The lowest BCUT2D eigenvalue weighted by atomic mass is 9.94. The average molecular weight is 376 g/mol. The molecule has 1 fully saturated rings. The summed E-state index contributed by atoms with van der Waals surface area (Å²) in [5.41, 5.74) is -0.0261. The summed E-state index contributed by atoms with van der Waals surface area (Å²) in [6, 6.07) is 4.75. The van der Waals surface area contributed by atoms with Gasteiger partial charge in [-0.3, -0.25) is 4.99 Å². The highest BCUT2D eigenvalue weighted by Crippen LogP contribution is 2.25. The SMILES string of the molecule is CN=C(NCc1ncc(C(C)(C)C)o1)NC1CCN(c2cccs2)CC1. The van der Waals surface area contributed by atoms with E-state index in [1.807, 2.05) is 17.5 Å². The summed E-state index contributed by atoms with van der Waals surface area (Å²) in [5.74, 6) is 2.39. The van der Waals surface area contributed by atoms with Crippen LogP contribution in [0.3, 0.4) is 0 Å². The number of oxazole rings is 1. The highest BCUT2D eigenvalue weighted by molar-refractivity contribution is 7.14. The fourth-order valence-corrected chi connectivity index (χ4v) is 3.77. The third-order valence-corrected chi connectivity index (χ3v) is 5.51. The lowest BCUT2D eigenvalue weighted by Crippen LogP contribution is -2.48. The molecule has 1 aliphatic heterocycles. The first-order chi connectivity index (χ1) is 12.5. The molecule has 2 aromatic rings. The van der Waals surface area contributed by atoms with Gasteiger partial charge in [-0.05, 0) is 30.4 Å². The number of piperidine rings is 1. The molecule has 0 radical (unpaired) electrons. The molecule has 0 unspecified atom stereocenters. The second-order valence-corrected chi connectivity index (χ2v) is 8.58. The van der Waals surface area contributed by atoms with E-state index in [4.69, 9.17) is 4.42 Å². The van der Waals surface area contributed by atoms with Gasteiger partial charge in [-0.2, -0.15) is 0 Å². The van der Waals surface area contributed by atoms with Crippen LogP contribution in [-0.4, -0.2) is 37.1 Å². The van der Waals surface area contributed by atoms with Crippen molar-refractivity contribution >= 4 is 22.3 Å². The standard InChI is InChI=1S/C19H29N5OS/c1-19(2,3)15-12-21-16(25-15)13-22-18(20-4)23-14-7-9-24(10-8-14)17-6-5-11-26-17/h5-6,11-12,14H,7-10,13H2,1-4H3,(H2,20,22,23). The van der Waals surface area contributed by atoms with E-state index in [-0.39, 0.29) is 5.41 Å². The van der Waals surface area contributed by atoms with Gasteiger partial charge in [0.05, 0.1) is 17.7 Å². The van der Waals surface area contributed by atoms with Crippen LogP contribution in [0.25, 0.3) is 0 Å². The molecule has 1 aliphatic rings. The van der Waals surface area contributed by atoms with Gasteiger partial charge >= 0.3 is 0 Å². The topological polar surface area (TPSA) is 65.7 Å². The lowest BCUT2D eigenvalue weighted by molar-refractivity contribution is 0.379. The Morgan fingerprint density at radius 3 is 2.73 bits per heavy atom. The van der Waals surface area contributed by atoms with E-state index in [2.05, 4.69) is 63.8 Å². The minimum atomic E-state index is -0.0261. The van der Waals surface area contributed by atoms with E-state index in [0.29, 0.717) is 18.5 Å². The van der Waals surface area contributed by atoms with Crippen molar-refractivity contribution in [1.29, 1.82) is 0 Å². The van der Waals surface area contributed by atoms with Crippen LogP contribution in [0.4, 0.5) is 5.00 Å². The Labute approximate surface area is 159 Å². The molecule has 0 aromatic carbocycles. The lowest BCUT2D eigenvalue weighted by Gasteiger charge is -2.33. The summed E-state index contributed by atoms with van der Waals surface area (Å²) in [4.78, 5) is 11.1. The zero-order valence-electron chi connectivity index (χ0n) is 16.1. The van der Waals surface area contributed by atoms with Gasteiger partial charge in [0.25, 0.3) is 0 Å². The molecule has 0 spiro atoms. The van der Waals surface area contributed by atoms with Crippen LogP contribution < -0.4 is 15.5 Å². The second-order valence-electron chi connectivity index (χ2n) is 7.65. The summed E-state index contributed by atoms with van der Waals surface area (Å²) in [6.07, 6.45) is 4.02. The van der Waals surface area contributed by atoms with Gasteiger partial charge in [-0.1, -0.05) is 20.8 Å². The summed E-state index contributed by atoms with van der Waals surface area (Å²) in [5, 5.41) is 10.3. The van der Waals surface area contributed by atoms with E-state index in [1.54, 1.807) is 7.05 Å². The number of anilines is 1. The first-order valence-corrected chi connectivity index (χ1v) is 10.0. The molecule has 2 N–H and O–H groups in total. The van der Waals surface area contributed by atoms with Crippen LogP contribution in [0.1, 0.15) is 45.3 Å². The van der Waals surface area contributed by atoms with Gasteiger partial charge in [-0.25, -0.2) is 4.98 Å². The van der Waals surface area contributed by atoms with E-state index in [1.165, 1.54) is 5.00 Å². The van der Waals surface area contributed by atoms with Crippen LogP contribution in [-0.2, 0) is 12.0 Å². The number of rotatable bonds is 4. The molecule has 26 heavy (non-hydrogen) atoms. The highest BCUT2D eigenvalue weighted by Gasteiger charge is 2.21. The molecule has 7 heteroatoms. The Bertz CT molecular complexity index is 709. The first-order valence-electron chi connectivity index (χ1n) is 9.16. The molecule has 3 rings (SSSR count). The number of thiophene rings is 1. The molecular formula is C19H29N5OS. The van der Waals surface area contributed by atoms with Crippen LogP contribution >= 0.6 is 11.3 Å². The van der Waals surface area contributed by atoms with Gasteiger partial charge in [-0.15, -0.1) is 11.3 Å². The zero-order chi connectivity index (χ0) is 18.6. The average Bonchev–Trinajstić information content (AvgIpc) is 3.30. The quantitative estimate of drug-likeness (QED) is 0.634. The minimum Gasteiger partial charge on any atom is -0.443 e. The molecule has 0 aliphatic carbocycles. The Balaban J connectivity index is 1.46. The molecule has 6 nitrogen and oxygen atoms in total. The number of aromatic nitrogens is 1. The van der Waals surface area contributed by atoms with Crippen LogP contribution in [0.2, 0.25) is 0 Å². The summed E-state index contributed by atoms with van der Waals surface area (Å²) in [7, 11) is 1.80. The Morgan fingerprint density at radius 1 is 1.38 bits per heavy atom. The van der Waals surface area contributed by atoms with Crippen molar-refractivity contribution < 1.29 is 4.42 Å². The zero-order valence-corrected chi connectivity index (χ0v) is 16.9. The first kappa shape index (κ1) is 18.8. The second kappa shape index (κ2) is 8.12. The van der Waals surface area contributed by atoms with Gasteiger partial charge in [0.2, 0.25) is 5.89 Å². The van der Waals surface area contributed by atoms with E-state index < -0.39 is 0 Å². The largest absolute Gasteiger partial charge is 0.443 e. The molecule has 0 amide bonds. The summed E-state index contributed by atoms with van der Waals surface area (Å²) < 4.78 is 5.83. The molecule has 0 bridgehead atoms. The number of hydrogen-bond donors (Lipinski definition) is 2. The maximum absolute atomic E-state index is 5.83. The Hall–Kier alpha value is -2.02. The van der Waals surface area contributed by atoms with Gasteiger partial charge in [0.1, 0.15) is 5.76 Å². The number of hydrogen-bond acceptors (Lipinski definition) is 5. The molecule has 2 aromatic heterocycles. The van der Waals surface area contributed by atoms with Gasteiger partial charge in [0.15, 0.2) is 5.96 Å². The minimum absolute atomic E-state index is 0.0261. The van der Waals surface area contributed by atoms with E-state index >= 15 is 0 Å². The fourth-order valence-electron chi connectivity index (χ4n) is 2.98. The van der Waals surface area contributed by atoms with Crippen LogP contribution in [0, 0.1) is 0 Å². The molecule has 0 atom stereocenters. The Morgan fingerprint density at radius 2 is 2.15 bits per heavy atom. The van der Waals surface area contributed by atoms with Gasteiger partial charge in [0, 0.05) is 31.6 Å². The van der Waals surface area contributed by atoms with Crippen molar-refractivity contribution in [1.82, 2.24) is 15.6 Å². The number of guanidine groups is 1. The normalized spacial score (nSPS) is 16.8. The predicted octanol–water partition coefficient (Wildman–Crippen LogP) is 3.37. The molecule has 0 saturated carbocycles. The molecule has 142 valence electrons. The summed E-state index contributed by atoms with van der Waals surface area (Å²) in [6.45, 7) is 9.03. The maximum Gasteiger partial charge on any atom is 0.213 e. The number of nitrogens with zero attached hydrogens (tertiary/aromatic N) is 3. The van der Waals surface area contributed by atoms with Crippen molar-refractivity contribution in [2.75, 3.05) is 25.0 Å². The maximum atomic E-state index is 5.83. The smallest absolute Gasteiger partial charge is 0.213 e. The van der Waals surface area contributed by atoms with Crippen molar-refractivity contribution in [3.63, 3.8) is 0 Å². The molecule has 3 heterocycles. The monoisotopic (exact) mass is 375 g/mol. The Kier molecular flexibility index (Phi) is 5.86. The van der Waals surface area contributed by atoms with Crippen molar-refractivity contribution in [3.8, 4) is 0 Å². The third-order valence-electron chi connectivity index (χ3n) is 4.58. The van der Waals surface area contributed by atoms with Crippen molar-refractivity contribution in [3.05, 3.63) is 35.4 Å². The van der Waals surface area contributed by atoms with E-state index in [0.717, 1.165) is 37.7 Å². The summed E-state index contributed by atoms with van der Waals surface area (Å²) >= 11 is 1.81. The van der Waals surface area contributed by atoms with Crippen molar-refractivity contribution in [2.24, 2.45) is 4.99 Å². The van der Waals surface area contributed by atoms with Gasteiger partial charge < -0.3 is 20.0 Å². The predicted molar refractivity (Wildman–Crippen MR) is 108 cm³/mol. The number of aliphatic imine (C=N–C) groups is 1. The molecular weight excluding hydrogens is 346 g/mol. The highest BCUT2D eigenvalue weighted by atomic mass is 32.1. The van der Waals surface area contributed by atoms with Crippen LogP contribution in [0.5, 0.6) is 0 Å². The van der Waals surface area contributed by atoms with Crippen molar-refractivity contribution in [2.45, 2.75) is 51.6 Å². The molecule has 1 saturated heterocycles.